The number of ether oxygens (including phenoxy) is 2. The van der Waals surface area contributed by atoms with Crippen molar-refractivity contribution < 1.29 is 14.6 Å². The van der Waals surface area contributed by atoms with Gasteiger partial charge < -0.3 is 14.6 Å². The van der Waals surface area contributed by atoms with Gasteiger partial charge in [0, 0.05) is 12.2 Å². The summed E-state index contributed by atoms with van der Waals surface area (Å²) in [7, 11) is 3.21. The zero-order valence-electron chi connectivity index (χ0n) is 11.4. The molecule has 0 heterocycles. The molecular weight excluding hydrogens is 252 g/mol. The highest BCUT2D eigenvalue weighted by atomic mass is 35.5. The van der Waals surface area contributed by atoms with Crippen molar-refractivity contribution in [2.24, 2.45) is 0 Å². The Hall–Kier alpha value is -0.930. The molecule has 0 unspecified atom stereocenters. The van der Waals surface area contributed by atoms with Crippen LogP contribution in [0.2, 0.25) is 5.02 Å². The number of aliphatic hydroxyl groups is 1. The van der Waals surface area contributed by atoms with Crippen molar-refractivity contribution in [3.05, 3.63) is 22.2 Å². The van der Waals surface area contributed by atoms with Crippen LogP contribution in [0.5, 0.6) is 11.5 Å². The molecule has 18 heavy (non-hydrogen) atoms. The molecule has 1 aromatic rings. The second-order valence-electron chi connectivity index (χ2n) is 4.48. The minimum atomic E-state index is 0.170. The van der Waals surface area contributed by atoms with Crippen molar-refractivity contribution in [3.63, 3.8) is 0 Å². The van der Waals surface area contributed by atoms with Gasteiger partial charge in [0.1, 0.15) is 0 Å². The molecule has 0 aliphatic rings. The molecule has 0 spiro atoms. The van der Waals surface area contributed by atoms with Gasteiger partial charge in [-0.1, -0.05) is 25.4 Å². The molecule has 3 nitrogen and oxygen atoms in total. The van der Waals surface area contributed by atoms with Crippen molar-refractivity contribution in [1.29, 1.82) is 0 Å². The summed E-state index contributed by atoms with van der Waals surface area (Å²) in [5.41, 5.74) is 2.22. The van der Waals surface area contributed by atoms with E-state index in [2.05, 4.69) is 13.8 Å². The van der Waals surface area contributed by atoms with E-state index in [1.54, 1.807) is 14.2 Å². The lowest BCUT2D eigenvalue weighted by Gasteiger charge is -2.20. The number of aliphatic hydroxyl groups excluding tert-OH is 1. The molecule has 1 N–H and O–H groups in total. The van der Waals surface area contributed by atoms with Crippen LogP contribution in [0.15, 0.2) is 6.07 Å². The summed E-state index contributed by atoms with van der Waals surface area (Å²) in [6.07, 6.45) is 1.50. The third-order valence-corrected chi connectivity index (χ3v) is 3.19. The smallest absolute Gasteiger partial charge is 0.179 e. The molecule has 0 amide bonds. The number of methoxy groups -OCH3 is 2. The largest absolute Gasteiger partial charge is 0.492 e. The van der Waals surface area contributed by atoms with Crippen LogP contribution in [0.3, 0.4) is 0 Å². The number of rotatable bonds is 6. The Morgan fingerprint density at radius 3 is 2.28 bits per heavy atom. The monoisotopic (exact) mass is 272 g/mol. The van der Waals surface area contributed by atoms with E-state index in [0.717, 1.165) is 17.5 Å². The highest BCUT2D eigenvalue weighted by Crippen LogP contribution is 2.43. The van der Waals surface area contributed by atoms with Crippen LogP contribution in [0.25, 0.3) is 0 Å². The summed E-state index contributed by atoms with van der Waals surface area (Å²) in [5.74, 6) is 1.59. The van der Waals surface area contributed by atoms with Gasteiger partial charge in [-0.3, -0.25) is 0 Å². The minimum absolute atomic E-state index is 0.170. The van der Waals surface area contributed by atoms with Crippen LogP contribution in [-0.4, -0.2) is 25.9 Å². The summed E-state index contributed by atoms with van der Waals surface area (Å²) >= 11 is 6.20. The molecule has 0 radical (unpaired) electrons. The number of aryl methyl sites for hydroxylation is 1. The number of hydrogen-bond donors (Lipinski definition) is 1. The Kier molecular flexibility index (Phi) is 5.76. The molecule has 0 atom stereocenters. The van der Waals surface area contributed by atoms with Crippen molar-refractivity contribution in [2.45, 2.75) is 32.6 Å². The average molecular weight is 273 g/mol. The van der Waals surface area contributed by atoms with E-state index in [1.807, 2.05) is 6.07 Å². The highest BCUT2D eigenvalue weighted by molar-refractivity contribution is 6.32. The van der Waals surface area contributed by atoms with Gasteiger partial charge in [-0.05, 0) is 30.4 Å². The van der Waals surface area contributed by atoms with Crippen LogP contribution < -0.4 is 9.47 Å². The average Bonchev–Trinajstić information content (AvgIpc) is 2.34. The molecule has 102 valence electrons. The summed E-state index contributed by atoms with van der Waals surface area (Å²) in [4.78, 5) is 0. The first kappa shape index (κ1) is 15.1. The predicted molar refractivity (Wildman–Crippen MR) is 74.1 cm³/mol. The van der Waals surface area contributed by atoms with E-state index in [-0.39, 0.29) is 6.61 Å². The highest BCUT2D eigenvalue weighted by Gasteiger charge is 2.20. The minimum Gasteiger partial charge on any atom is -0.492 e. The lowest BCUT2D eigenvalue weighted by atomic mass is 9.93. The fourth-order valence-electron chi connectivity index (χ4n) is 2.18. The van der Waals surface area contributed by atoms with Gasteiger partial charge in [0.25, 0.3) is 0 Å². The normalized spacial score (nSPS) is 10.8. The number of hydrogen-bond acceptors (Lipinski definition) is 3. The van der Waals surface area contributed by atoms with Crippen LogP contribution in [0.1, 0.15) is 37.3 Å². The van der Waals surface area contributed by atoms with Crippen LogP contribution in [0, 0.1) is 0 Å². The van der Waals surface area contributed by atoms with Gasteiger partial charge in [0.15, 0.2) is 11.5 Å². The van der Waals surface area contributed by atoms with Gasteiger partial charge in [0.2, 0.25) is 0 Å². The molecule has 0 saturated heterocycles. The maximum absolute atomic E-state index is 8.96. The third kappa shape index (κ3) is 3.09. The SMILES string of the molecule is COc1c(Cl)cc(CCCO)c(C(C)C)c1OC. The molecule has 0 fully saturated rings. The van der Waals surface area contributed by atoms with Gasteiger partial charge in [-0.15, -0.1) is 0 Å². The maximum Gasteiger partial charge on any atom is 0.179 e. The topological polar surface area (TPSA) is 38.7 Å². The molecule has 0 aliphatic heterocycles. The van der Waals surface area contributed by atoms with E-state index in [4.69, 9.17) is 26.2 Å². The van der Waals surface area contributed by atoms with Crippen LogP contribution >= 0.6 is 11.6 Å². The van der Waals surface area contributed by atoms with Crippen molar-refractivity contribution in [3.8, 4) is 11.5 Å². The van der Waals surface area contributed by atoms with E-state index >= 15 is 0 Å². The standard InChI is InChI=1S/C14H21ClO3/c1-9(2)12-10(6-5-7-16)8-11(15)13(17-3)14(12)18-4/h8-9,16H,5-7H2,1-4H3. The van der Waals surface area contributed by atoms with Gasteiger partial charge >= 0.3 is 0 Å². The van der Waals surface area contributed by atoms with E-state index in [0.29, 0.717) is 28.9 Å². The number of benzene rings is 1. The molecule has 0 bridgehead atoms. The van der Waals surface area contributed by atoms with Gasteiger partial charge in [-0.25, -0.2) is 0 Å². The Morgan fingerprint density at radius 2 is 1.83 bits per heavy atom. The summed E-state index contributed by atoms with van der Waals surface area (Å²) in [6.45, 7) is 4.38. The Balaban J connectivity index is 3.37. The number of halogens is 1. The second kappa shape index (κ2) is 6.86. The van der Waals surface area contributed by atoms with Crippen molar-refractivity contribution in [2.75, 3.05) is 20.8 Å². The molecule has 4 heteroatoms. The Bertz CT molecular complexity index is 403. The molecule has 0 aliphatic carbocycles. The fourth-order valence-corrected chi connectivity index (χ4v) is 2.47. The van der Waals surface area contributed by atoms with E-state index < -0.39 is 0 Å². The Morgan fingerprint density at radius 1 is 1.22 bits per heavy atom. The first-order chi connectivity index (χ1) is 8.56. The molecule has 0 aromatic heterocycles. The molecular formula is C14H21ClO3. The zero-order valence-corrected chi connectivity index (χ0v) is 12.2. The van der Waals surface area contributed by atoms with Gasteiger partial charge in [-0.2, -0.15) is 0 Å². The first-order valence-corrected chi connectivity index (χ1v) is 6.48. The van der Waals surface area contributed by atoms with Crippen LogP contribution in [0.4, 0.5) is 0 Å². The van der Waals surface area contributed by atoms with E-state index in [9.17, 15) is 0 Å². The lowest BCUT2D eigenvalue weighted by Crippen LogP contribution is -2.04. The Labute approximate surface area is 114 Å². The van der Waals surface area contributed by atoms with Crippen LogP contribution in [-0.2, 0) is 6.42 Å². The first-order valence-electron chi connectivity index (χ1n) is 6.10. The fraction of sp³-hybridized carbons (Fsp3) is 0.571. The maximum atomic E-state index is 8.96. The summed E-state index contributed by atoms with van der Waals surface area (Å²) in [6, 6.07) is 1.91. The summed E-state index contributed by atoms with van der Waals surface area (Å²) in [5, 5.41) is 9.51. The summed E-state index contributed by atoms with van der Waals surface area (Å²) < 4.78 is 10.8. The molecule has 0 saturated carbocycles. The molecule has 1 rings (SSSR count). The van der Waals surface area contributed by atoms with Crippen molar-refractivity contribution in [1.82, 2.24) is 0 Å². The lowest BCUT2D eigenvalue weighted by molar-refractivity contribution is 0.288. The third-order valence-electron chi connectivity index (χ3n) is 2.90. The predicted octanol–water partition coefficient (Wildman–Crippen LogP) is 3.41. The second-order valence-corrected chi connectivity index (χ2v) is 4.89. The van der Waals surface area contributed by atoms with Gasteiger partial charge in [0.05, 0.1) is 19.2 Å². The quantitative estimate of drug-likeness (QED) is 0.863. The van der Waals surface area contributed by atoms with E-state index in [1.165, 1.54) is 0 Å². The van der Waals surface area contributed by atoms with Crippen molar-refractivity contribution >= 4 is 11.6 Å². The molecule has 1 aromatic carbocycles. The zero-order chi connectivity index (χ0) is 13.7.